The highest BCUT2D eigenvalue weighted by molar-refractivity contribution is 5.69. The standard InChI is InChI=1S/C18H25NO4/c1-18(2,3)23-17(20)19-11-15(16-14(19)9-10-21-16)22-12-13-7-5-4-6-8-13/h4-8,14-16H,9-12H2,1-3H3. The number of ether oxygens (including phenoxy) is 3. The zero-order chi connectivity index (χ0) is 16.4. The van der Waals surface area contributed by atoms with Crippen LogP contribution >= 0.6 is 0 Å². The molecule has 0 aliphatic carbocycles. The fourth-order valence-corrected chi connectivity index (χ4v) is 3.18. The van der Waals surface area contributed by atoms with E-state index < -0.39 is 5.60 Å². The lowest BCUT2D eigenvalue weighted by atomic mass is 10.1. The fourth-order valence-electron chi connectivity index (χ4n) is 3.18. The molecule has 1 aromatic rings. The van der Waals surface area contributed by atoms with Crippen molar-refractivity contribution in [3.63, 3.8) is 0 Å². The van der Waals surface area contributed by atoms with Gasteiger partial charge >= 0.3 is 6.09 Å². The molecule has 2 saturated heterocycles. The van der Waals surface area contributed by atoms with Gasteiger partial charge < -0.3 is 14.2 Å². The third-order valence-corrected chi connectivity index (χ3v) is 4.18. The number of fused-ring (bicyclic) bond motifs is 1. The smallest absolute Gasteiger partial charge is 0.410 e. The summed E-state index contributed by atoms with van der Waals surface area (Å²) in [6.07, 6.45) is 0.417. The molecule has 2 fully saturated rings. The Bertz CT molecular complexity index is 540. The van der Waals surface area contributed by atoms with Gasteiger partial charge in [0.1, 0.15) is 17.8 Å². The SMILES string of the molecule is CC(C)(C)OC(=O)N1CC(OCc2ccccc2)C2OCCC21. The van der Waals surface area contributed by atoms with Crippen molar-refractivity contribution >= 4 is 6.09 Å². The van der Waals surface area contributed by atoms with Gasteiger partial charge in [0, 0.05) is 6.61 Å². The second kappa shape index (κ2) is 6.49. The van der Waals surface area contributed by atoms with Gasteiger partial charge in [0.05, 0.1) is 19.2 Å². The molecule has 5 nitrogen and oxygen atoms in total. The predicted molar refractivity (Wildman–Crippen MR) is 86.1 cm³/mol. The minimum absolute atomic E-state index is 0.0498. The maximum atomic E-state index is 12.4. The average Bonchev–Trinajstić information content (AvgIpc) is 3.06. The molecule has 2 heterocycles. The molecule has 2 aliphatic heterocycles. The Hall–Kier alpha value is -1.59. The molecule has 3 atom stereocenters. The van der Waals surface area contributed by atoms with Gasteiger partial charge in [-0.2, -0.15) is 0 Å². The summed E-state index contributed by atoms with van der Waals surface area (Å²) in [6, 6.07) is 10.1. The molecule has 5 heteroatoms. The first kappa shape index (κ1) is 16.3. The minimum atomic E-state index is -0.491. The van der Waals surface area contributed by atoms with Crippen LogP contribution in [0.1, 0.15) is 32.8 Å². The topological polar surface area (TPSA) is 48.0 Å². The van der Waals surface area contributed by atoms with E-state index in [1.165, 1.54) is 0 Å². The van der Waals surface area contributed by atoms with Crippen LogP contribution in [-0.2, 0) is 20.8 Å². The van der Waals surface area contributed by atoms with E-state index in [0.29, 0.717) is 19.8 Å². The Labute approximate surface area is 137 Å². The van der Waals surface area contributed by atoms with Gasteiger partial charge in [0.25, 0.3) is 0 Å². The van der Waals surface area contributed by atoms with Crippen molar-refractivity contribution in [2.24, 2.45) is 0 Å². The van der Waals surface area contributed by atoms with E-state index >= 15 is 0 Å². The lowest BCUT2D eigenvalue weighted by Crippen LogP contribution is -2.41. The van der Waals surface area contributed by atoms with Crippen molar-refractivity contribution in [2.75, 3.05) is 13.2 Å². The van der Waals surface area contributed by atoms with E-state index in [-0.39, 0.29) is 24.3 Å². The third-order valence-electron chi connectivity index (χ3n) is 4.18. The Kier molecular flexibility index (Phi) is 4.60. The number of nitrogens with zero attached hydrogens (tertiary/aromatic N) is 1. The lowest BCUT2D eigenvalue weighted by Gasteiger charge is -2.27. The first-order valence-corrected chi connectivity index (χ1v) is 8.21. The Morgan fingerprint density at radius 3 is 2.74 bits per heavy atom. The quantitative estimate of drug-likeness (QED) is 0.859. The van der Waals surface area contributed by atoms with Crippen LogP contribution in [0.2, 0.25) is 0 Å². The van der Waals surface area contributed by atoms with Gasteiger partial charge in [-0.15, -0.1) is 0 Å². The predicted octanol–water partition coefficient (Wildman–Crippen LogP) is 2.98. The van der Waals surface area contributed by atoms with Gasteiger partial charge in [0.15, 0.2) is 0 Å². The molecular formula is C18H25NO4. The summed E-state index contributed by atoms with van der Waals surface area (Å²) >= 11 is 0. The highest BCUT2D eigenvalue weighted by Gasteiger charge is 2.49. The summed E-state index contributed by atoms with van der Waals surface area (Å²) in [5, 5.41) is 0. The summed E-state index contributed by atoms with van der Waals surface area (Å²) in [5.74, 6) is 0. The van der Waals surface area contributed by atoms with Crippen LogP contribution in [0.5, 0.6) is 0 Å². The van der Waals surface area contributed by atoms with Crippen molar-refractivity contribution in [2.45, 2.75) is 57.6 Å². The number of carbonyl (C=O) groups is 1. The number of carbonyl (C=O) groups excluding carboxylic acids is 1. The normalized spacial score (nSPS) is 27.1. The molecule has 2 aliphatic rings. The zero-order valence-electron chi connectivity index (χ0n) is 14.0. The van der Waals surface area contributed by atoms with Crippen LogP contribution < -0.4 is 0 Å². The van der Waals surface area contributed by atoms with Gasteiger partial charge in [-0.1, -0.05) is 30.3 Å². The van der Waals surface area contributed by atoms with E-state index in [1.807, 2.05) is 51.1 Å². The van der Waals surface area contributed by atoms with Crippen LogP contribution in [0.4, 0.5) is 4.79 Å². The van der Waals surface area contributed by atoms with Gasteiger partial charge in [-0.05, 0) is 32.8 Å². The Morgan fingerprint density at radius 1 is 1.30 bits per heavy atom. The minimum Gasteiger partial charge on any atom is -0.444 e. The van der Waals surface area contributed by atoms with Crippen LogP contribution in [0.3, 0.4) is 0 Å². The molecule has 0 spiro atoms. The van der Waals surface area contributed by atoms with Crippen molar-refractivity contribution < 1.29 is 19.0 Å². The van der Waals surface area contributed by atoms with E-state index in [2.05, 4.69) is 0 Å². The summed E-state index contributed by atoms with van der Waals surface area (Å²) in [6.45, 7) is 7.37. The molecule has 0 saturated carbocycles. The van der Waals surface area contributed by atoms with Crippen LogP contribution in [0, 0.1) is 0 Å². The molecule has 0 bridgehead atoms. The number of hydrogen-bond donors (Lipinski definition) is 0. The van der Waals surface area contributed by atoms with Crippen molar-refractivity contribution in [1.82, 2.24) is 4.90 Å². The number of hydrogen-bond acceptors (Lipinski definition) is 4. The van der Waals surface area contributed by atoms with Crippen molar-refractivity contribution in [3.8, 4) is 0 Å². The molecule has 0 aromatic heterocycles. The zero-order valence-corrected chi connectivity index (χ0v) is 14.0. The Morgan fingerprint density at radius 2 is 2.04 bits per heavy atom. The summed E-state index contributed by atoms with van der Waals surface area (Å²) < 4.78 is 17.4. The van der Waals surface area contributed by atoms with Gasteiger partial charge in [0.2, 0.25) is 0 Å². The average molecular weight is 319 g/mol. The maximum Gasteiger partial charge on any atom is 0.410 e. The van der Waals surface area contributed by atoms with Crippen molar-refractivity contribution in [1.29, 1.82) is 0 Å². The summed E-state index contributed by atoms with van der Waals surface area (Å²) in [5.41, 5.74) is 0.632. The van der Waals surface area contributed by atoms with Crippen LogP contribution in [-0.4, -0.2) is 48.0 Å². The van der Waals surface area contributed by atoms with Gasteiger partial charge in [-0.25, -0.2) is 4.79 Å². The molecule has 23 heavy (non-hydrogen) atoms. The number of benzene rings is 1. The van der Waals surface area contributed by atoms with E-state index in [1.54, 1.807) is 4.90 Å². The fraction of sp³-hybridized carbons (Fsp3) is 0.611. The maximum absolute atomic E-state index is 12.4. The Balaban J connectivity index is 1.63. The molecule has 126 valence electrons. The first-order valence-electron chi connectivity index (χ1n) is 8.21. The monoisotopic (exact) mass is 319 g/mol. The van der Waals surface area contributed by atoms with E-state index in [0.717, 1.165) is 12.0 Å². The van der Waals surface area contributed by atoms with Gasteiger partial charge in [-0.3, -0.25) is 4.90 Å². The second-order valence-electron chi connectivity index (χ2n) is 7.16. The van der Waals surface area contributed by atoms with Crippen molar-refractivity contribution in [3.05, 3.63) is 35.9 Å². The molecule has 0 N–H and O–H groups in total. The van der Waals surface area contributed by atoms with E-state index in [9.17, 15) is 4.79 Å². The molecule has 0 radical (unpaired) electrons. The molecular weight excluding hydrogens is 294 g/mol. The number of amides is 1. The molecule has 1 amide bonds. The molecule has 3 unspecified atom stereocenters. The highest BCUT2D eigenvalue weighted by Crippen LogP contribution is 2.32. The first-order chi connectivity index (χ1) is 10.9. The summed E-state index contributed by atoms with van der Waals surface area (Å²) in [7, 11) is 0. The molecule has 1 aromatic carbocycles. The molecule has 3 rings (SSSR count). The number of rotatable bonds is 3. The highest BCUT2D eigenvalue weighted by atomic mass is 16.6. The van der Waals surface area contributed by atoms with Crippen LogP contribution in [0.25, 0.3) is 0 Å². The lowest BCUT2D eigenvalue weighted by molar-refractivity contribution is -0.0376. The van der Waals surface area contributed by atoms with Crippen LogP contribution in [0.15, 0.2) is 30.3 Å². The number of likely N-dealkylation sites (tertiary alicyclic amines) is 1. The second-order valence-corrected chi connectivity index (χ2v) is 7.16. The summed E-state index contributed by atoms with van der Waals surface area (Å²) in [4.78, 5) is 14.2. The largest absolute Gasteiger partial charge is 0.444 e. The third kappa shape index (κ3) is 3.85. The van der Waals surface area contributed by atoms with E-state index in [4.69, 9.17) is 14.2 Å².